The Balaban J connectivity index is 1.86. The molecular weight excluding hydrogens is 216 g/mol. The summed E-state index contributed by atoms with van der Waals surface area (Å²) in [5, 5.41) is 2.90. The molecule has 1 aliphatic rings. The summed E-state index contributed by atoms with van der Waals surface area (Å²) in [5.41, 5.74) is 7.47. The van der Waals surface area contributed by atoms with Crippen LogP contribution >= 0.6 is 0 Å². The minimum atomic E-state index is -0.0186. The molecule has 1 saturated heterocycles. The molecule has 0 spiro atoms. The Bertz CT molecular complexity index is 406. The van der Waals surface area contributed by atoms with Gasteiger partial charge in [0.2, 0.25) is 5.91 Å². The van der Waals surface area contributed by atoms with Crippen molar-refractivity contribution in [2.45, 2.75) is 26.0 Å². The van der Waals surface area contributed by atoms with Crippen LogP contribution in [0.1, 0.15) is 18.9 Å². The molecule has 17 heavy (non-hydrogen) atoms. The van der Waals surface area contributed by atoms with Gasteiger partial charge in [0, 0.05) is 12.2 Å². The van der Waals surface area contributed by atoms with Crippen LogP contribution in [0.25, 0.3) is 0 Å². The first-order valence-electron chi connectivity index (χ1n) is 5.89. The quantitative estimate of drug-likeness (QED) is 0.775. The standard InChI is InChI=1S/C13H18N2O2/c1-9-6-11(8-17-9)13(16)15-7-10-4-2-3-5-12(10)14/h2-5,9,11H,6-8,14H2,1H3,(H,15,16). The van der Waals surface area contributed by atoms with Crippen molar-refractivity contribution in [2.75, 3.05) is 12.3 Å². The highest BCUT2D eigenvalue weighted by Gasteiger charge is 2.27. The van der Waals surface area contributed by atoms with Gasteiger partial charge in [0.1, 0.15) is 0 Å². The first kappa shape index (κ1) is 11.9. The molecule has 4 nitrogen and oxygen atoms in total. The Morgan fingerprint density at radius 1 is 1.53 bits per heavy atom. The predicted molar refractivity (Wildman–Crippen MR) is 66.2 cm³/mol. The van der Waals surface area contributed by atoms with E-state index in [9.17, 15) is 4.79 Å². The Labute approximate surface area is 101 Å². The number of carbonyl (C=O) groups is 1. The molecule has 0 radical (unpaired) electrons. The lowest BCUT2D eigenvalue weighted by atomic mass is 10.1. The number of anilines is 1. The molecular formula is C13H18N2O2. The number of nitrogens with one attached hydrogen (secondary N) is 1. The van der Waals surface area contributed by atoms with Crippen LogP contribution in [0.3, 0.4) is 0 Å². The third kappa shape index (κ3) is 2.97. The molecule has 1 fully saturated rings. The van der Waals surface area contributed by atoms with Crippen molar-refractivity contribution in [1.82, 2.24) is 5.32 Å². The maximum absolute atomic E-state index is 11.8. The van der Waals surface area contributed by atoms with Crippen molar-refractivity contribution in [2.24, 2.45) is 5.92 Å². The largest absolute Gasteiger partial charge is 0.398 e. The lowest BCUT2D eigenvalue weighted by Crippen LogP contribution is -2.30. The fourth-order valence-corrected chi connectivity index (χ4v) is 2.02. The van der Waals surface area contributed by atoms with E-state index >= 15 is 0 Å². The van der Waals surface area contributed by atoms with Crippen molar-refractivity contribution in [3.05, 3.63) is 29.8 Å². The van der Waals surface area contributed by atoms with Crippen LogP contribution in [-0.2, 0) is 16.1 Å². The van der Waals surface area contributed by atoms with E-state index in [0.29, 0.717) is 18.8 Å². The molecule has 1 aliphatic heterocycles. The van der Waals surface area contributed by atoms with E-state index < -0.39 is 0 Å². The Morgan fingerprint density at radius 3 is 2.94 bits per heavy atom. The van der Waals surface area contributed by atoms with Gasteiger partial charge in [-0.3, -0.25) is 4.79 Å². The summed E-state index contributed by atoms with van der Waals surface area (Å²) in [6.45, 7) is 3.00. The molecule has 1 amide bonds. The van der Waals surface area contributed by atoms with Crippen LogP contribution in [-0.4, -0.2) is 18.6 Å². The van der Waals surface area contributed by atoms with Crippen molar-refractivity contribution in [1.29, 1.82) is 0 Å². The zero-order chi connectivity index (χ0) is 12.3. The first-order chi connectivity index (χ1) is 8.16. The first-order valence-corrected chi connectivity index (χ1v) is 5.89. The number of nitrogen functional groups attached to an aromatic ring is 1. The topological polar surface area (TPSA) is 64.4 Å². The zero-order valence-corrected chi connectivity index (χ0v) is 9.98. The zero-order valence-electron chi connectivity index (χ0n) is 9.98. The van der Waals surface area contributed by atoms with E-state index in [1.54, 1.807) is 0 Å². The minimum absolute atomic E-state index is 0.0186. The van der Waals surface area contributed by atoms with E-state index in [2.05, 4.69) is 5.32 Å². The molecule has 0 saturated carbocycles. The predicted octanol–water partition coefficient (Wildman–Crippen LogP) is 1.31. The normalized spacial score (nSPS) is 23.6. The van der Waals surface area contributed by atoms with Crippen LogP contribution in [0, 0.1) is 5.92 Å². The second kappa shape index (κ2) is 5.19. The molecule has 4 heteroatoms. The molecule has 0 aliphatic carbocycles. The smallest absolute Gasteiger partial charge is 0.225 e. The van der Waals surface area contributed by atoms with Crippen LogP contribution in [0.4, 0.5) is 5.69 Å². The molecule has 2 atom stereocenters. The van der Waals surface area contributed by atoms with Gasteiger partial charge in [0.15, 0.2) is 0 Å². The van der Waals surface area contributed by atoms with Crippen molar-refractivity contribution < 1.29 is 9.53 Å². The number of ether oxygens (including phenoxy) is 1. The lowest BCUT2D eigenvalue weighted by molar-refractivity contribution is -0.125. The number of nitrogens with two attached hydrogens (primary N) is 1. The number of rotatable bonds is 3. The van der Waals surface area contributed by atoms with Gasteiger partial charge in [-0.25, -0.2) is 0 Å². The SMILES string of the molecule is CC1CC(C(=O)NCc2ccccc2N)CO1. The maximum Gasteiger partial charge on any atom is 0.225 e. The van der Waals surface area contributed by atoms with E-state index in [4.69, 9.17) is 10.5 Å². The molecule has 1 aromatic rings. The van der Waals surface area contributed by atoms with E-state index in [1.165, 1.54) is 0 Å². The summed E-state index contributed by atoms with van der Waals surface area (Å²) >= 11 is 0. The summed E-state index contributed by atoms with van der Waals surface area (Å²) in [6.07, 6.45) is 0.989. The second-order valence-corrected chi connectivity index (χ2v) is 4.49. The molecule has 92 valence electrons. The molecule has 1 heterocycles. The molecule has 3 N–H and O–H groups in total. The molecule has 2 unspecified atom stereocenters. The van der Waals surface area contributed by atoms with Crippen molar-refractivity contribution in [3.63, 3.8) is 0 Å². The van der Waals surface area contributed by atoms with Gasteiger partial charge < -0.3 is 15.8 Å². The average Bonchev–Trinajstić information content (AvgIpc) is 2.74. The Kier molecular flexibility index (Phi) is 3.64. The summed E-state index contributed by atoms with van der Waals surface area (Å²) in [5.74, 6) is 0.0348. The fourth-order valence-electron chi connectivity index (χ4n) is 2.02. The van der Waals surface area contributed by atoms with Gasteiger partial charge in [-0.15, -0.1) is 0 Å². The monoisotopic (exact) mass is 234 g/mol. The van der Waals surface area contributed by atoms with E-state index in [1.807, 2.05) is 31.2 Å². The van der Waals surface area contributed by atoms with Crippen molar-refractivity contribution >= 4 is 11.6 Å². The van der Waals surface area contributed by atoms with Gasteiger partial charge >= 0.3 is 0 Å². The van der Waals surface area contributed by atoms with Crippen LogP contribution in [0.5, 0.6) is 0 Å². The highest BCUT2D eigenvalue weighted by molar-refractivity contribution is 5.79. The molecule has 2 rings (SSSR count). The van der Waals surface area contributed by atoms with Crippen LogP contribution in [0.2, 0.25) is 0 Å². The van der Waals surface area contributed by atoms with Gasteiger partial charge in [-0.1, -0.05) is 18.2 Å². The van der Waals surface area contributed by atoms with E-state index in [-0.39, 0.29) is 17.9 Å². The summed E-state index contributed by atoms with van der Waals surface area (Å²) in [7, 11) is 0. The summed E-state index contributed by atoms with van der Waals surface area (Å²) in [4.78, 5) is 11.8. The van der Waals surface area contributed by atoms with E-state index in [0.717, 1.165) is 12.0 Å². The van der Waals surface area contributed by atoms with Crippen molar-refractivity contribution in [3.8, 4) is 0 Å². The highest BCUT2D eigenvalue weighted by atomic mass is 16.5. The van der Waals surface area contributed by atoms with Crippen LogP contribution in [0.15, 0.2) is 24.3 Å². The minimum Gasteiger partial charge on any atom is -0.398 e. The van der Waals surface area contributed by atoms with Crippen LogP contribution < -0.4 is 11.1 Å². The Morgan fingerprint density at radius 2 is 2.29 bits per heavy atom. The maximum atomic E-state index is 11.8. The van der Waals surface area contributed by atoms with Gasteiger partial charge in [-0.05, 0) is 25.0 Å². The highest BCUT2D eigenvalue weighted by Crippen LogP contribution is 2.19. The number of benzene rings is 1. The average molecular weight is 234 g/mol. The van der Waals surface area contributed by atoms with Gasteiger partial charge in [0.05, 0.1) is 18.6 Å². The third-order valence-corrected chi connectivity index (χ3v) is 3.08. The molecule has 0 aromatic heterocycles. The lowest BCUT2D eigenvalue weighted by Gasteiger charge is -2.10. The molecule has 0 bridgehead atoms. The fraction of sp³-hybridized carbons (Fsp3) is 0.462. The number of hydrogen-bond acceptors (Lipinski definition) is 3. The molecule has 1 aromatic carbocycles. The van der Waals surface area contributed by atoms with Gasteiger partial charge in [-0.2, -0.15) is 0 Å². The number of amides is 1. The van der Waals surface area contributed by atoms with Gasteiger partial charge in [0.25, 0.3) is 0 Å². The number of para-hydroxylation sites is 1. The second-order valence-electron chi connectivity index (χ2n) is 4.49. The number of carbonyl (C=O) groups excluding carboxylic acids is 1. The summed E-state index contributed by atoms with van der Waals surface area (Å²) < 4.78 is 5.38. The summed E-state index contributed by atoms with van der Waals surface area (Å²) in [6, 6.07) is 7.55. The third-order valence-electron chi connectivity index (χ3n) is 3.08. The Hall–Kier alpha value is -1.55. The number of hydrogen-bond donors (Lipinski definition) is 2.